The highest BCUT2D eigenvalue weighted by Crippen LogP contribution is 2.32. The molecule has 2 aromatic rings. The zero-order valence-electron chi connectivity index (χ0n) is 19.1. The van der Waals surface area contributed by atoms with Crippen LogP contribution in [0.1, 0.15) is 49.1 Å². The second-order valence-corrected chi connectivity index (χ2v) is 7.87. The van der Waals surface area contributed by atoms with Crippen molar-refractivity contribution in [3.8, 4) is 11.5 Å². The predicted molar refractivity (Wildman–Crippen MR) is 136 cm³/mol. The summed E-state index contributed by atoms with van der Waals surface area (Å²) in [5.74, 6) is 2.41. The average Bonchev–Trinajstić information content (AvgIpc) is 3.36. The molecule has 31 heavy (non-hydrogen) atoms. The lowest BCUT2D eigenvalue weighted by Gasteiger charge is -2.17. The van der Waals surface area contributed by atoms with Crippen LogP contribution in [0.25, 0.3) is 0 Å². The van der Waals surface area contributed by atoms with Crippen LogP contribution in [0, 0.1) is 13.8 Å². The molecule has 1 heterocycles. The van der Waals surface area contributed by atoms with Crippen molar-refractivity contribution in [1.29, 1.82) is 0 Å². The summed E-state index contributed by atoms with van der Waals surface area (Å²) in [5.41, 5.74) is 3.40. The number of benzene rings is 1. The number of methoxy groups -OCH3 is 1. The van der Waals surface area contributed by atoms with E-state index in [0.717, 1.165) is 61.1 Å². The first-order chi connectivity index (χ1) is 14.6. The van der Waals surface area contributed by atoms with E-state index in [1.54, 1.807) is 14.2 Å². The molecule has 3 rings (SSSR count). The molecular weight excluding hydrogens is 505 g/mol. The number of aromatic nitrogens is 2. The van der Waals surface area contributed by atoms with Gasteiger partial charge in [-0.05, 0) is 69.7 Å². The number of ether oxygens (including phenoxy) is 2. The Hall–Kier alpha value is -1.97. The zero-order valence-corrected chi connectivity index (χ0v) is 21.4. The summed E-state index contributed by atoms with van der Waals surface area (Å²) in [7, 11) is 3.48. The third-order valence-corrected chi connectivity index (χ3v) is 5.45. The molecule has 0 aliphatic heterocycles. The van der Waals surface area contributed by atoms with Gasteiger partial charge in [-0.3, -0.25) is 9.67 Å². The second kappa shape index (κ2) is 12.8. The normalized spacial score (nSPS) is 14.3. The number of aryl methyl sites for hydroxylation is 3. The molecule has 1 aromatic carbocycles. The highest BCUT2D eigenvalue weighted by atomic mass is 127. The molecule has 1 aromatic heterocycles. The van der Waals surface area contributed by atoms with Crippen molar-refractivity contribution in [2.45, 2.75) is 65.1 Å². The van der Waals surface area contributed by atoms with Crippen molar-refractivity contribution < 1.29 is 9.47 Å². The molecule has 172 valence electrons. The standard InChI is InChI=1S/C23H35N5O2.HI/c1-17-14-18(2)28(27-17)13-7-12-25-23(24-3)26-16-19-10-11-21(29-4)22(15-19)30-20-8-5-6-9-20;/h10-11,14-15,20H,5-9,12-13,16H2,1-4H3,(H2,24,25,26);1H. The van der Waals surface area contributed by atoms with Crippen LogP contribution in [0.15, 0.2) is 29.3 Å². The third-order valence-electron chi connectivity index (χ3n) is 5.45. The van der Waals surface area contributed by atoms with Crippen LogP contribution >= 0.6 is 24.0 Å². The van der Waals surface area contributed by atoms with Crippen molar-refractivity contribution in [2.75, 3.05) is 20.7 Å². The maximum atomic E-state index is 6.20. The zero-order chi connectivity index (χ0) is 21.3. The molecule has 0 bridgehead atoms. The van der Waals surface area contributed by atoms with Gasteiger partial charge in [0.05, 0.1) is 18.9 Å². The summed E-state index contributed by atoms with van der Waals surface area (Å²) in [5, 5.41) is 11.3. The summed E-state index contributed by atoms with van der Waals surface area (Å²) >= 11 is 0. The predicted octanol–water partition coefficient (Wildman–Crippen LogP) is 4.20. The highest BCUT2D eigenvalue weighted by molar-refractivity contribution is 14.0. The van der Waals surface area contributed by atoms with E-state index < -0.39 is 0 Å². The molecule has 0 amide bonds. The van der Waals surface area contributed by atoms with Gasteiger partial charge in [0.1, 0.15) is 0 Å². The Bertz CT molecular complexity index is 846. The SMILES string of the molecule is CN=C(NCCCn1nc(C)cc1C)NCc1ccc(OC)c(OC2CCCC2)c1.I. The van der Waals surface area contributed by atoms with Crippen molar-refractivity contribution in [3.05, 3.63) is 41.2 Å². The molecule has 7 nitrogen and oxygen atoms in total. The summed E-state index contributed by atoms with van der Waals surface area (Å²) in [6, 6.07) is 8.21. The van der Waals surface area contributed by atoms with E-state index in [9.17, 15) is 0 Å². The maximum Gasteiger partial charge on any atom is 0.191 e. The van der Waals surface area contributed by atoms with E-state index in [4.69, 9.17) is 9.47 Å². The first kappa shape index (κ1) is 25.3. The van der Waals surface area contributed by atoms with Gasteiger partial charge in [0.15, 0.2) is 17.5 Å². The second-order valence-electron chi connectivity index (χ2n) is 7.87. The Morgan fingerprint density at radius 3 is 2.58 bits per heavy atom. The first-order valence-corrected chi connectivity index (χ1v) is 10.9. The third kappa shape index (κ3) is 7.59. The Balaban J connectivity index is 0.00000341. The fourth-order valence-corrected chi connectivity index (χ4v) is 3.85. The molecule has 0 spiro atoms. The van der Waals surface area contributed by atoms with Gasteiger partial charge >= 0.3 is 0 Å². The van der Waals surface area contributed by atoms with E-state index in [2.05, 4.69) is 50.5 Å². The molecule has 0 unspecified atom stereocenters. The smallest absolute Gasteiger partial charge is 0.191 e. The van der Waals surface area contributed by atoms with Gasteiger partial charge in [0.25, 0.3) is 0 Å². The minimum absolute atomic E-state index is 0. The fourth-order valence-electron chi connectivity index (χ4n) is 3.85. The van der Waals surface area contributed by atoms with Gasteiger partial charge in [0, 0.05) is 32.4 Å². The number of nitrogens with zero attached hydrogens (tertiary/aromatic N) is 3. The van der Waals surface area contributed by atoms with Crippen LogP contribution in [0.4, 0.5) is 0 Å². The molecule has 0 saturated heterocycles. The summed E-state index contributed by atoms with van der Waals surface area (Å²) < 4.78 is 13.7. The highest BCUT2D eigenvalue weighted by Gasteiger charge is 2.18. The summed E-state index contributed by atoms with van der Waals surface area (Å²) in [4.78, 5) is 4.32. The Morgan fingerprint density at radius 1 is 1.16 bits per heavy atom. The monoisotopic (exact) mass is 541 g/mol. The lowest BCUT2D eigenvalue weighted by Crippen LogP contribution is -2.37. The minimum Gasteiger partial charge on any atom is -0.493 e. The lowest BCUT2D eigenvalue weighted by molar-refractivity contribution is 0.200. The Morgan fingerprint density at radius 2 is 1.94 bits per heavy atom. The van der Waals surface area contributed by atoms with E-state index >= 15 is 0 Å². The van der Waals surface area contributed by atoms with Crippen LogP contribution in [0.5, 0.6) is 11.5 Å². The van der Waals surface area contributed by atoms with Crippen molar-refractivity contribution in [2.24, 2.45) is 4.99 Å². The van der Waals surface area contributed by atoms with Gasteiger partial charge in [0.2, 0.25) is 0 Å². The van der Waals surface area contributed by atoms with E-state index in [-0.39, 0.29) is 24.0 Å². The Kier molecular flexibility index (Phi) is 10.4. The van der Waals surface area contributed by atoms with E-state index in [1.165, 1.54) is 18.5 Å². The topological polar surface area (TPSA) is 72.7 Å². The number of guanidine groups is 1. The van der Waals surface area contributed by atoms with Gasteiger partial charge in [-0.1, -0.05) is 6.07 Å². The molecule has 0 radical (unpaired) electrons. The van der Waals surface area contributed by atoms with E-state index in [0.29, 0.717) is 12.6 Å². The number of halogens is 1. The maximum absolute atomic E-state index is 6.20. The number of hydrogen-bond donors (Lipinski definition) is 2. The molecule has 1 fully saturated rings. The van der Waals surface area contributed by atoms with E-state index in [1.807, 2.05) is 13.0 Å². The fraction of sp³-hybridized carbons (Fsp3) is 0.565. The molecular formula is C23H36IN5O2. The van der Waals surface area contributed by atoms with Crippen molar-refractivity contribution in [1.82, 2.24) is 20.4 Å². The quantitative estimate of drug-likeness (QED) is 0.216. The summed E-state index contributed by atoms with van der Waals surface area (Å²) in [6.07, 6.45) is 6.02. The van der Waals surface area contributed by atoms with Crippen LogP contribution in [-0.2, 0) is 13.1 Å². The molecule has 0 atom stereocenters. The molecule has 8 heteroatoms. The van der Waals surface area contributed by atoms with Crippen LogP contribution < -0.4 is 20.1 Å². The lowest BCUT2D eigenvalue weighted by atomic mass is 10.2. The Labute approximate surface area is 203 Å². The number of aliphatic imine (C=N–C) groups is 1. The van der Waals surface area contributed by atoms with Gasteiger partial charge < -0.3 is 20.1 Å². The van der Waals surface area contributed by atoms with Crippen molar-refractivity contribution in [3.63, 3.8) is 0 Å². The first-order valence-electron chi connectivity index (χ1n) is 10.9. The number of hydrogen-bond acceptors (Lipinski definition) is 4. The van der Waals surface area contributed by atoms with Crippen LogP contribution in [0.2, 0.25) is 0 Å². The molecule has 1 aliphatic rings. The molecule has 1 aliphatic carbocycles. The van der Waals surface area contributed by atoms with Crippen LogP contribution in [0.3, 0.4) is 0 Å². The average molecular weight is 541 g/mol. The molecule has 2 N–H and O–H groups in total. The van der Waals surface area contributed by atoms with Crippen LogP contribution in [-0.4, -0.2) is 42.5 Å². The molecule has 1 saturated carbocycles. The number of rotatable bonds is 9. The van der Waals surface area contributed by atoms with Gasteiger partial charge in [-0.2, -0.15) is 5.10 Å². The largest absolute Gasteiger partial charge is 0.493 e. The van der Waals surface area contributed by atoms with Gasteiger partial charge in [-0.15, -0.1) is 24.0 Å². The minimum atomic E-state index is 0. The van der Waals surface area contributed by atoms with Crippen molar-refractivity contribution >= 4 is 29.9 Å². The number of nitrogens with one attached hydrogen (secondary N) is 2. The summed E-state index contributed by atoms with van der Waals surface area (Å²) in [6.45, 7) is 6.51. The van der Waals surface area contributed by atoms with Gasteiger partial charge in [-0.25, -0.2) is 0 Å².